The predicted molar refractivity (Wildman–Crippen MR) is 84.1 cm³/mol. The van der Waals surface area contributed by atoms with Crippen LogP contribution in [-0.2, 0) is 18.9 Å². The molecule has 3 rings (SSSR count). The zero-order chi connectivity index (χ0) is 14.7. The van der Waals surface area contributed by atoms with E-state index in [-0.39, 0.29) is 5.41 Å². The molecule has 0 bridgehead atoms. The summed E-state index contributed by atoms with van der Waals surface area (Å²) in [5, 5.41) is 7.94. The summed E-state index contributed by atoms with van der Waals surface area (Å²) in [7, 11) is 1.97. The van der Waals surface area contributed by atoms with Crippen molar-refractivity contribution in [2.45, 2.75) is 44.1 Å². The van der Waals surface area contributed by atoms with E-state index in [4.69, 9.17) is 0 Å². The lowest BCUT2D eigenvalue weighted by atomic mass is 9.75. The maximum absolute atomic E-state index is 4.44. The number of hydrogen-bond acceptors (Lipinski definition) is 3. The normalized spacial score (nSPS) is 17.6. The Morgan fingerprint density at radius 1 is 1.29 bits per heavy atom. The predicted octanol–water partition coefficient (Wildman–Crippen LogP) is 2.46. The van der Waals surface area contributed by atoms with Crippen LogP contribution in [0.1, 0.15) is 37.6 Å². The highest BCUT2D eigenvalue weighted by Crippen LogP contribution is 2.32. The molecule has 0 radical (unpaired) electrons. The minimum atomic E-state index is 0.0879. The summed E-state index contributed by atoms with van der Waals surface area (Å²) in [5.41, 5.74) is 1.48. The monoisotopic (exact) mass is 284 g/mol. The Labute approximate surface area is 126 Å². The Kier molecular flexibility index (Phi) is 4.06. The van der Waals surface area contributed by atoms with E-state index < -0.39 is 0 Å². The van der Waals surface area contributed by atoms with Crippen molar-refractivity contribution in [2.75, 3.05) is 6.54 Å². The van der Waals surface area contributed by atoms with Crippen LogP contribution in [0.4, 0.5) is 0 Å². The Bertz CT molecular complexity index is 573. The molecule has 0 spiro atoms. The summed E-state index contributed by atoms with van der Waals surface area (Å²) < 4.78 is 1.89. The van der Waals surface area contributed by atoms with Gasteiger partial charge in [-0.2, -0.15) is 5.10 Å². The third-order valence-electron chi connectivity index (χ3n) is 4.67. The van der Waals surface area contributed by atoms with Crippen molar-refractivity contribution >= 4 is 0 Å². The summed E-state index contributed by atoms with van der Waals surface area (Å²) in [6, 6.07) is 11.6. The van der Waals surface area contributed by atoms with Crippen LogP contribution in [0.3, 0.4) is 0 Å². The summed E-state index contributed by atoms with van der Waals surface area (Å²) in [4.78, 5) is 4.44. The van der Waals surface area contributed by atoms with Crippen molar-refractivity contribution in [3.63, 3.8) is 0 Å². The first kappa shape index (κ1) is 14.3. The van der Waals surface area contributed by atoms with E-state index in [1.807, 2.05) is 11.7 Å². The topological polar surface area (TPSA) is 42.7 Å². The average Bonchev–Trinajstić information content (AvgIpc) is 3.27. The molecule has 1 fully saturated rings. The second-order valence-corrected chi connectivity index (χ2v) is 6.13. The van der Waals surface area contributed by atoms with Crippen molar-refractivity contribution in [3.05, 3.63) is 48.0 Å². The van der Waals surface area contributed by atoms with Gasteiger partial charge in [-0.15, -0.1) is 0 Å². The fourth-order valence-corrected chi connectivity index (χ4v) is 2.92. The number of aryl methyl sites for hydroxylation is 1. The van der Waals surface area contributed by atoms with Crippen LogP contribution in [0.2, 0.25) is 0 Å². The molecule has 1 aromatic heterocycles. The van der Waals surface area contributed by atoms with E-state index in [0.29, 0.717) is 0 Å². The van der Waals surface area contributed by atoms with Gasteiger partial charge in [0, 0.05) is 31.5 Å². The Morgan fingerprint density at radius 2 is 2.05 bits per heavy atom. The van der Waals surface area contributed by atoms with Crippen molar-refractivity contribution < 1.29 is 0 Å². The summed E-state index contributed by atoms with van der Waals surface area (Å²) in [5.74, 6) is 1.05. The first-order valence-corrected chi connectivity index (χ1v) is 7.85. The van der Waals surface area contributed by atoms with Crippen molar-refractivity contribution in [1.29, 1.82) is 0 Å². The lowest BCUT2D eigenvalue weighted by Gasteiger charge is -2.33. The van der Waals surface area contributed by atoms with E-state index in [9.17, 15) is 0 Å². The van der Waals surface area contributed by atoms with Gasteiger partial charge in [0.25, 0.3) is 0 Å². The van der Waals surface area contributed by atoms with E-state index in [2.05, 4.69) is 52.7 Å². The Morgan fingerprint density at radius 3 is 2.62 bits per heavy atom. The van der Waals surface area contributed by atoms with Crippen LogP contribution in [0, 0.1) is 0 Å². The lowest BCUT2D eigenvalue weighted by Crippen LogP contribution is -2.41. The third kappa shape index (κ3) is 3.16. The molecule has 21 heavy (non-hydrogen) atoms. The van der Waals surface area contributed by atoms with E-state index >= 15 is 0 Å². The highest BCUT2D eigenvalue weighted by Gasteiger charge is 2.34. The molecule has 4 nitrogen and oxygen atoms in total. The number of aromatic nitrogens is 3. The third-order valence-corrected chi connectivity index (χ3v) is 4.67. The molecule has 1 saturated carbocycles. The zero-order valence-electron chi connectivity index (χ0n) is 12.9. The molecular weight excluding hydrogens is 260 g/mol. The SMILES string of the molecule is CCC(CNC1CC1)(Cc1ncnn1C)c1ccccc1. The van der Waals surface area contributed by atoms with Gasteiger partial charge in [0.05, 0.1) is 0 Å². The molecule has 0 amide bonds. The lowest BCUT2D eigenvalue weighted by molar-refractivity contribution is 0.364. The summed E-state index contributed by atoms with van der Waals surface area (Å²) in [6.45, 7) is 3.28. The van der Waals surface area contributed by atoms with Gasteiger partial charge in [-0.3, -0.25) is 4.68 Å². The minimum absolute atomic E-state index is 0.0879. The van der Waals surface area contributed by atoms with Crippen molar-refractivity contribution in [3.8, 4) is 0 Å². The van der Waals surface area contributed by atoms with Gasteiger partial charge >= 0.3 is 0 Å². The largest absolute Gasteiger partial charge is 0.313 e. The van der Waals surface area contributed by atoms with Crippen LogP contribution >= 0.6 is 0 Å². The number of hydrogen-bond donors (Lipinski definition) is 1. The average molecular weight is 284 g/mol. The minimum Gasteiger partial charge on any atom is -0.313 e. The Balaban J connectivity index is 1.89. The number of benzene rings is 1. The molecule has 1 N–H and O–H groups in total. The first-order chi connectivity index (χ1) is 10.2. The van der Waals surface area contributed by atoms with Crippen LogP contribution in [0.25, 0.3) is 0 Å². The van der Waals surface area contributed by atoms with Crippen LogP contribution < -0.4 is 5.32 Å². The van der Waals surface area contributed by atoms with Crippen LogP contribution in [-0.4, -0.2) is 27.4 Å². The molecular formula is C17H24N4. The molecule has 112 valence electrons. The highest BCUT2D eigenvalue weighted by molar-refractivity contribution is 5.27. The van der Waals surface area contributed by atoms with Gasteiger partial charge < -0.3 is 5.32 Å². The number of nitrogens with zero attached hydrogens (tertiary/aromatic N) is 3. The fourth-order valence-electron chi connectivity index (χ4n) is 2.92. The van der Waals surface area contributed by atoms with Gasteiger partial charge in [-0.05, 0) is 24.8 Å². The molecule has 1 heterocycles. The molecule has 1 unspecified atom stereocenters. The fraction of sp³-hybridized carbons (Fsp3) is 0.529. The van der Waals surface area contributed by atoms with Crippen molar-refractivity contribution in [1.82, 2.24) is 20.1 Å². The quantitative estimate of drug-likeness (QED) is 0.849. The molecule has 0 saturated heterocycles. The van der Waals surface area contributed by atoms with Crippen LogP contribution in [0.15, 0.2) is 36.7 Å². The second-order valence-electron chi connectivity index (χ2n) is 6.13. The van der Waals surface area contributed by atoms with Crippen LogP contribution in [0.5, 0.6) is 0 Å². The molecule has 1 aliphatic rings. The van der Waals surface area contributed by atoms with Crippen molar-refractivity contribution in [2.24, 2.45) is 7.05 Å². The zero-order valence-corrected chi connectivity index (χ0v) is 12.9. The number of nitrogens with one attached hydrogen (secondary N) is 1. The van der Waals surface area contributed by atoms with Gasteiger partial charge in [0.2, 0.25) is 0 Å². The van der Waals surface area contributed by atoms with E-state index in [0.717, 1.165) is 31.3 Å². The maximum atomic E-state index is 4.44. The van der Waals surface area contributed by atoms with Gasteiger partial charge in [-0.25, -0.2) is 4.98 Å². The number of rotatable bonds is 7. The molecule has 4 heteroatoms. The molecule has 1 atom stereocenters. The smallest absolute Gasteiger partial charge is 0.138 e. The van der Waals surface area contributed by atoms with E-state index in [1.165, 1.54) is 18.4 Å². The highest BCUT2D eigenvalue weighted by atomic mass is 15.3. The molecule has 1 aliphatic carbocycles. The standard InChI is InChI=1S/C17H24N4/c1-3-17(12-18-15-9-10-15,14-7-5-4-6-8-14)11-16-19-13-20-21(16)2/h4-8,13,15,18H,3,9-12H2,1-2H3. The molecule has 0 aliphatic heterocycles. The summed E-state index contributed by atoms with van der Waals surface area (Å²) >= 11 is 0. The van der Waals surface area contributed by atoms with Gasteiger partial charge in [0.15, 0.2) is 0 Å². The summed E-state index contributed by atoms with van der Waals surface area (Å²) in [6.07, 6.45) is 6.29. The van der Waals surface area contributed by atoms with Gasteiger partial charge in [0.1, 0.15) is 12.2 Å². The first-order valence-electron chi connectivity index (χ1n) is 7.85. The Hall–Kier alpha value is -1.68. The maximum Gasteiger partial charge on any atom is 0.138 e. The van der Waals surface area contributed by atoms with Gasteiger partial charge in [-0.1, -0.05) is 37.3 Å². The van der Waals surface area contributed by atoms with E-state index in [1.54, 1.807) is 6.33 Å². The molecule has 2 aromatic rings. The molecule has 1 aromatic carbocycles. The second kappa shape index (κ2) is 5.98.